The summed E-state index contributed by atoms with van der Waals surface area (Å²) in [6.07, 6.45) is 0.0705. The molecule has 18 heavy (non-hydrogen) atoms. The maximum Gasteiger partial charge on any atom is 0.310 e. The molecule has 0 bridgehead atoms. The van der Waals surface area contributed by atoms with Gasteiger partial charge >= 0.3 is 5.97 Å². The Kier molecular flexibility index (Phi) is 4.35. The molecular formula is C13H17ClN2O2. The molecule has 5 heteroatoms. The third-order valence-electron chi connectivity index (χ3n) is 2.19. The van der Waals surface area contributed by atoms with E-state index < -0.39 is 5.60 Å². The standard InChI is InChI=1S/C13H17ClN2O2/c1-13(2,3)18-10(17)7-8-5-4-6-9(11(8)15)12(14)16/h4-6,16H,7,15H2,1-3H3. The first-order chi connectivity index (χ1) is 8.20. The fourth-order valence-corrected chi connectivity index (χ4v) is 1.66. The van der Waals surface area contributed by atoms with E-state index >= 15 is 0 Å². The van der Waals surface area contributed by atoms with Gasteiger partial charge in [-0.1, -0.05) is 23.7 Å². The van der Waals surface area contributed by atoms with Crippen LogP contribution in [0.1, 0.15) is 31.9 Å². The van der Waals surface area contributed by atoms with Crippen molar-refractivity contribution >= 4 is 28.4 Å². The van der Waals surface area contributed by atoms with Crippen molar-refractivity contribution in [2.24, 2.45) is 0 Å². The minimum atomic E-state index is -0.525. The number of esters is 1. The molecule has 0 radical (unpaired) electrons. The van der Waals surface area contributed by atoms with Crippen molar-refractivity contribution in [3.63, 3.8) is 0 Å². The van der Waals surface area contributed by atoms with E-state index in [-0.39, 0.29) is 17.6 Å². The van der Waals surface area contributed by atoms with E-state index in [1.165, 1.54) is 0 Å². The van der Waals surface area contributed by atoms with Crippen molar-refractivity contribution in [1.82, 2.24) is 0 Å². The number of carbonyl (C=O) groups is 1. The lowest BCUT2D eigenvalue weighted by atomic mass is 10.1. The van der Waals surface area contributed by atoms with Crippen LogP contribution < -0.4 is 5.73 Å². The molecule has 0 heterocycles. The van der Waals surface area contributed by atoms with Gasteiger partial charge in [-0.25, -0.2) is 0 Å². The van der Waals surface area contributed by atoms with E-state index in [9.17, 15) is 4.79 Å². The van der Waals surface area contributed by atoms with Crippen LogP contribution in [0.5, 0.6) is 0 Å². The van der Waals surface area contributed by atoms with E-state index in [0.29, 0.717) is 16.8 Å². The molecule has 3 N–H and O–H groups in total. The maximum absolute atomic E-state index is 11.7. The number of carbonyl (C=O) groups excluding carboxylic acids is 1. The maximum atomic E-state index is 11.7. The number of halogens is 1. The minimum absolute atomic E-state index is 0.0705. The molecule has 0 saturated heterocycles. The first-order valence-corrected chi connectivity index (χ1v) is 5.92. The van der Waals surface area contributed by atoms with Gasteiger partial charge in [0.05, 0.1) is 6.42 Å². The number of para-hydroxylation sites is 1. The molecule has 1 aromatic rings. The molecule has 0 spiro atoms. The molecule has 98 valence electrons. The van der Waals surface area contributed by atoms with Crippen LogP contribution in [-0.4, -0.2) is 16.7 Å². The zero-order chi connectivity index (χ0) is 13.9. The Hall–Kier alpha value is -1.55. The molecule has 0 aliphatic heterocycles. The second-order valence-electron chi connectivity index (χ2n) is 4.96. The molecule has 1 aromatic carbocycles. The normalized spacial score (nSPS) is 11.1. The largest absolute Gasteiger partial charge is 0.460 e. The van der Waals surface area contributed by atoms with Crippen molar-refractivity contribution < 1.29 is 9.53 Å². The van der Waals surface area contributed by atoms with Crippen molar-refractivity contribution in [2.45, 2.75) is 32.8 Å². The number of hydrogen-bond donors (Lipinski definition) is 2. The quantitative estimate of drug-likeness (QED) is 0.503. The highest BCUT2D eigenvalue weighted by atomic mass is 35.5. The van der Waals surface area contributed by atoms with Crippen molar-refractivity contribution in [3.05, 3.63) is 29.3 Å². The summed E-state index contributed by atoms with van der Waals surface area (Å²) in [6, 6.07) is 5.08. The van der Waals surface area contributed by atoms with Crippen molar-refractivity contribution in [3.8, 4) is 0 Å². The minimum Gasteiger partial charge on any atom is -0.460 e. The van der Waals surface area contributed by atoms with Gasteiger partial charge in [-0.05, 0) is 32.4 Å². The SMILES string of the molecule is CC(C)(C)OC(=O)Cc1cccc(C(=N)Cl)c1N. The van der Waals surface area contributed by atoms with Crippen molar-refractivity contribution in [2.75, 3.05) is 5.73 Å². The fourth-order valence-electron chi connectivity index (χ4n) is 1.49. The van der Waals surface area contributed by atoms with Gasteiger partial charge in [-0.15, -0.1) is 0 Å². The highest BCUT2D eigenvalue weighted by Crippen LogP contribution is 2.21. The molecule has 0 atom stereocenters. The van der Waals surface area contributed by atoms with Crippen LogP contribution in [0.2, 0.25) is 0 Å². The Morgan fingerprint density at radius 2 is 2.06 bits per heavy atom. The smallest absolute Gasteiger partial charge is 0.310 e. The first kappa shape index (κ1) is 14.5. The number of hydrogen-bond acceptors (Lipinski definition) is 4. The Morgan fingerprint density at radius 3 is 2.56 bits per heavy atom. The Morgan fingerprint density at radius 1 is 1.44 bits per heavy atom. The van der Waals surface area contributed by atoms with Gasteiger partial charge in [0.1, 0.15) is 10.8 Å². The predicted molar refractivity (Wildman–Crippen MR) is 73.1 cm³/mol. The van der Waals surface area contributed by atoms with Gasteiger partial charge in [0.2, 0.25) is 0 Å². The van der Waals surface area contributed by atoms with Gasteiger partial charge in [0.15, 0.2) is 0 Å². The second kappa shape index (κ2) is 5.40. The highest BCUT2D eigenvalue weighted by Gasteiger charge is 2.18. The topological polar surface area (TPSA) is 76.2 Å². The molecule has 0 fully saturated rings. The Bertz CT molecular complexity index is 478. The van der Waals surface area contributed by atoms with E-state index in [2.05, 4.69) is 0 Å². The number of ether oxygens (including phenoxy) is 1. The number of rotatable bonds is 3. The summed E-state index contributed by atoms with van der Waals surface area (Å²) in [5.41, 5.74) is 6.73. The second-order valence-corrected chi connectivity index (χ2v) is 5.33. The number of anilines is 1. The van der Waals surface area contributed by atoms with E-state index in [4.69, 9.17) is 27.5 Å². The lowest BCUT2D eigenvalue weighted by Crippen LogP contribution is -2.25. The molecule has 0 saturated carbocycles. The monoisotopic (exact) mass is 268 g/mol. The van der Waals surface area contributed by atoms with Crippen molar-refractivity contribution in [1.29, 1.82) is 5.41 Å². The zero-order valence-electron chi connectivity index (χ0n) is 10.7. The van der Waals surface area contributed by atoms with Gasteiger partial charge < -0.3 is 10.5 Å². The first-order valence-electron chi connectivity index (χ1n) is 5.54. The lowest BCUT2D eigenvalue weighted by molar-refractivity contribution is -0.153. The molecule has 0 aliphatic rings. The molecule has 1 rings (SSSR count). The molecule has 0 aliphatic carbocycles. The van der Waals surface area contributed by atoms with Gasteiger partial charge in [0.25, 0.3) is 0 Å². The molecule has 4 nitrogen and oxygen atoms in total. The van der Waals surface area contributed by atoms with E-state index in [1.54, 1.807) is 39.0 Å². The highest BCUT2D eigenvalue weighted by molar-refractivity contribution is 6.69. The number of nitrogen functional groups attached to an aromatic ring is 1. The summed E-state index contributed by atoms with van der Waals surface area (Å²) in [6.45, 7) is 5.41. The summed E-state index contributed by atoms with van der Waals surface area (Å²) < 4.78 is 5.22. The Labute approximate surface area is 112 Å². The van der Waals surface area contributed by atoms with Crippen LogP contribution >= 0.6 is 11.6 Å². The lowest BCUT2D eigenvalue weighted by Gasteiger charge is -2.20. The van der Waals surface area contributed by atoms with Crippen LogP contribution in [0.3, 0.4) is 0 Å². The summed E-state index contributed by atoms with van der Waals surface area (Å²) >= 11 is 5.61. The van der Waals surface area contributed by atoms with Crippen LogP contribution in [0.15, 0.2) is 18.2 Å². The molecule has 0 aromatic heterocycles. The van der Waals surface area contributed by atoms with Gasteiger partial charge in [-0.2, -0.15) is 0 Å². The van der Waals surface area contributed by atoms with Crippen LogP contribution in [0, 0.1) is 5.41 Å². The third kappa shape index (κ3) is 4.04. The average Bonchev–Trinajstić information content (AvgIpc) is 2.17. The van der Waals surface area contributed by atoms with Gasteiger partial charge in [-0.3, -0.25) is 10.2 Å². The summed E-state index contributed by atoms with van der Waals surface area (Å²) in [5.74, 6) is -0.354. The Balaban J connectivity index is 2.89. The number of nitrogens with two attached hydrogens (primary N) is 1. The summed E-state index contributed by atoms with van der Waals surface area (Å²) in [5, 5.41) is 7.23. The summed E-state index contributed by atoms with van der Waals surface area (Å²) in [7, 11) is 0. The number of nitrogens with one attached hydrogen (secondary N) is 1. The zero-order valence-corrected chi connectivity index (χ0v) is 11.5. The van der Waals surface area contributed by atoms with Crippen LogP contribution in [0.25, 0.3) is 0 Å². The average molecular weight is 269 g/mol. The van der Waals surface area contributed by atoms with Crippen LogP contribution in [0.4, 0.5) is 5.69 Å². The molecule has 0 amide bonds. The van der Waals surface area contributed by atoms with Crippen LogP contribution in [-0.2, 0) is 16.0 Å². The number of benzene rings is 1. The predicted octanol–water partition coefficient (Wildman–Crippen LogP) is 2.72. The third-order valence-corrected chi connectivity index (χ3v) is 2.39. The molecule has 0 unspecified atom stereocenters. The fraction of sp³-hybridized carbons (Fsp3) is 0.385. The van der Waals surface area contributed by atoms with Gasteiger partial charge in [0, 0.05) is 11.3 Å². The van der Waals surface area contributed by atoms with E-state index in [1.807, 2.05) is 0 Å². The summed E-state index contributed by atoms with van der Waals surface area (Å²) in [4.78, 5) is 11.7. The molecular weight excluding hydrogens is 252 g/mol. The van der Waals surface area contributed by atoms with E-state index in [0.717, 1.165) is 0 Å².